The molecule has 0 amide bonds. The molecule has 3 heteroatoms. The quantitative estimate of drug-likeness (QED) is 0.586. The molecule has 0 radical (unpaired) electrons. The van der Waals surface area contributed by atoms with Crippen LogP contribution < -0.4 is 10.6 Å². The molecule has 0 atom stereocenters. The second-order valence-corrected chi connectivity index (χ2v) is 5.28. The van der Waals surface area contributed by atoms with Gasteiger partial charge in [-0.05, 0) is 24.5 Å². The predicted octanol–water partition coefficient (Wildman–Crippen LogP) is 4.48. The Bertz CT molecular complexity index is 668. The first-order valence-corrected chi connectivity index (χ1v) is 7.98. The first-order chi connectivity index (χ1) is 11.9. The van der Waals surface area contributed by atoms with Crippen molar-refractivity contribution in [1.29, 1.82) is 0 Å². The van der Waals surface area contributed by atoms with E-state index in [2.05, 4.69) is 47.1 Å². The standard InChI is InChI=1S/2C11H10N.Pt/c2*1-2-6-10(7-3-1)11-8-4-5-9-12-11;/h2*1-9,12H;/q2*-1;+2. The van der Waals surface area contributed by atoms with Crippen LogP contribution in [0.4, 0.5) is 0 Å². The van der Waals surface area contributed by atoms with Crippen LogP contribution in [0.3, 0.4) is 0 Å². The number of benzene rings is 2. The summed E-state index contributed by atoms with van der Waals surface area (Å²) >= 11 is 0. The van der Waals surface area contributed by atoms with Crippen LogP contribution in [0.2, 0.25) is 0 Å². The molecule has 0 bridgehead atoms. The molecular formula is C22H20N2Pt. The van der Waals surface area contributed by atoms with Gasteiger partial charge in [0.15, 0.2) is 0 Å². The number of nitrogens with one attached hydrogen (secondary N) is 2. The van der Waals surface area contributed by atoms with Crippen molar-refractivity contribution in [2.45, 2.75) is 0 Å². The molecule has 0 saturated heterocycles. The van der Waals surface area contributed by atoms with Crippen LogP contribution in [0.5, 0.6) is 0 Å². The van der Waals surface area contributed by atoms with Crippen LogP contribution in [0.15, 0.2) is 110 Å². The van der Waals surface area contributed by atoms with Crippen molar-refractivity contribution in [2.24, 2.45) is 0 Å². The first-order valence-electron chi connectivity index (χ1n) is 7.98. The summed E-state index contributed by atoms with van der Waals surface area (Å²) in [7, 11) is 0. The number of dihydropyridines is 2. The zero-order valence-corrected chi connectivity index (χ0v) is 16.0. The summed E-state index contributed by atoms with van der Waals surface area (Å²) < 4.78 is 0. The number of rotatable bonds is 2. The molecule has 0 aliphatic carbocycles. The van der Waals surface area contributed by atoms with Crippen molar-refractivity contribution in [3.05, 3.63) is 133 Å². The third-order valence-corrected chi connectivity index (χ3v) is 3.59. The summed E-state index contributed by atoms with van der Waals surface area (Å²) in [5.74, 6) is 0. The molecule has 0 fully saturated rings. The van der Waals surface area contributed by atoms with Gasteiger partial charge in [-0.1, -0.05) is 24.3 Å². The molecule has 4 rings (SSSR count). The topological polar surface area (TPSA) is 24.1 Å². The molecule has 0 spiro atoms. The average molecular weight is 507 g/mol. The van der Waals surface area contributed by atoms with Crippen molar-refractivity contribution in [1.82, 2.24) is 10.6 Å². The smallest absolute Gasteiger partial charge is 0.402 e. The molecule has 2 aliphatic rings. The molecule has 2 aromatic rings. The zero-order chi connectivity index (χ0) is 16.5. The monoisotopic (exact) mass is 507 g/mol. The van der Waals surface area contributed by atoms with Gasteiger partial charge in [0, 0.05) is 0 Å². The van der Waals surface area contributed by atoms with E-state index in [0.29, 0.717) is 0 Å². The molecule has 0 aromatic heterocycles. The molecule has 2 aromatic carbocycles. The molecule has 25 heavy (non-hydrogen) atoms. The second-order valence-electron chi connectivity index (χ2n) is 5.28. The molecule has 2 N–H and O–H groups in total. The van der Waals surface area contributed by atoms with E-state index in [-0.39, 0.29) is 21.1 Å². The van der Waals surface area contributed by atoms with E-state index in [1.807, 2.05) is 73.1 Å². The van der Waals surface area contributed by atoms with Crippen LogP contribution in [-0.4, -0.2) is 0 Å². The SMILES string of the molecule is C1=CN[C-](c2ccccc2)C=C1.C1=CN[C-](c2ccccc2)C=C1.[Pt+2]. The van der Waals surface area contributed by atoms with Gasteiger partial charge in [0.25, 0.3) is 0 Å². The van der Waals surface area contributed by atoms with Crippen LogP contribution >= 0.6 is 0 Å². The Hall–Kier alpha value is -2.57. The Morgan fingerprint density at radius 1 is 0.520 bits per heavy atom. The van der Waals surface area contributed by atoms with Crippen LogP contribution in [-0.2, 0) is 21.1 Å². The van der Waals surface area contributed by atoms with Crippen molar-refractivity contribution >= 4 is 0 Å². The molecule has 0 saturated carbocycles. The van der Waals surface area contributed by atoms with Gasteiger partial charge in [-0.2, -0.15) is 0 Å². The molecular weight excluding hydrogens is 487 g/mol. The second kappa shape index (κ2) is 10.3. The fourth-order valence-corrected chi connectivity index (χ4v) is 2.38. The largest absolute Gasteiger partial charge is 2.00 e. The van der Waals surface area contributed by atoms with E-state index in [1.165, 1.54) is 11.1 Å². The van der Waals surface area contributed by atoms with E-state index in [0.717, 1.165) is 12.1 Å². The molecule has 128 valence electrons. The van der Waals surface area contributed by atoms with Crippen molar-refractivity contribution in [3.8, 4) is 0 Å². The summed E-state index contributed by atoms with van der Waals surface area (Å²) in [5, 5.41) is 6.37. The van der Waals surface area contributed by atoms with E-state index in [4.69, 9.17) is 0 Å². The summed E-state index contributed by atoms with van der Waals surface area (Å²) in [6.07, 6.45) is 16.0. The van der Waals surface area contributed by atoms with Crippen LogP contribution in [0, 0.1) is 12.1 Å². The minimum absolute atomic E-state index is 0. The van der Waals surface area contributed by atoms with Gasteiger partial charge in [-0.15, -0.1) is 84.0 Å². The maximum atomic E-state index is 3.18. The summed E-state index contributed by atoms with van der Waals surface area (Å²) in [4.78, 5) is 0. The van der Waals surface area contributed by atoms with E-state index >= 15 is 0 Å². The Balaban J connectivity index is 0.000000173. The summed E-state index contributed by atoms with van der Waals surface area (Å²) in [5.41, 5.74) is 2.44. The number of hydrogen-bond donors (Lipinski definition) is 2. The molecule has 2 heterocycles. The van der Waals surface area contributed by atoms with E-state index < -0.39 is 0 Å². The fourth-order valence-electron chi connectivity index (χ4n) is 2.38. The van der Waals surface area contributed by atoms with Crippen LogP contribution in [0.25, 0.3) is 0 Å². The third-order valence-electron chi connectivity index (χ3n) is 3.59. The zero-order valence-electron chi connectivity index (χ0n) is 13.7. The van der Waals surface area contributed by atoms with Gasteiger partial charge in [0.05, 0.1) is 0 Å². The van der Waals surface area contributed by atoms with Gasteiger partial charge in [0.2, 0.25) is 0 Å². The van der Waals surface area contributed by atoms with Crippen molar-refractivity contribution in [2.75, 3.05) is 0 Å². The minimum Gasteiger partial charge on any atom is -0.402 e. The minimum atomic E-state index is 0. The van der Waals surface area contributed by atoms with Gasteiger partial charge < -0.3 is 10.6 Å². The summed E-state index contributed by atoms with van der Waals surface area (Å²) in [6, 6.07) is 22.9. The number of hydrogen-bond acceptors (Lipinski definition) is 2. The van der Waals surface area contributed by atoms with Crippen molar-refractivity contribution < 1.29 is 21.1 Å². The Morgan fingerprint density at radius 3 is 1.24 bits per heavy atom. The molecule has 0 unspecified atom stereocenters. The third kappa shape index (κ3) is 5.77. The predicted molar refractivity (Wildman–Crippen MR) is 100 cm³/mol. The van der Waals surface area contributed by atoms with Crippen molar-refractivity contribution in [3.63, 3.8) is 0 Å². The molecule has 2 aliphatic heterocycles. The Kier molecular flexibility index (Phi) is 7.75. The molecule has 2 nitrogen and oxygen atoms in total. The first kappa shape index (κ1) is 18.8. The maximum Gasteiger partial charge on any atom is 2.00 e. The van der Waals surface area contributed by atoms with Gasteiger partial charge in [-0.3, -0.25) is 0 Å². The van der Waals surface area contributed by atoms with Gasteiger partial charge >= 0.3 is 21.1 Å². The van der Waals surface area contributed by atoms with E-state index in [9.17, 15) is 0 Å². The number of allylic oxidation sites excluding steroid dienone is 4. The van der Waals surface area contributed by atoms with E-state index in [1.54, 1.807) is 0 Å². The average Bonchev–Trinajstić information content (AvgIpc) is 2.71. The fraction of sp³-hybridized carbons (Fsp3) is 0. The summed E-state index contributed by atoms with van der Waals surface area (Å²) in [6.45, 7) is 0. The maximum absolute atomic E-state index is 3.18. The van der Waals surface area contributed by atoms with Gasteiger partial charge in [-0.25, -0.2) is 0 Å². The van der Waals surface area contributed by atoms with Gasteiger partial charge in [0.1, 0.15) is 0 Å². The Labute approximate surface area is 164 Å². The normalized spacial score (nSPS) is 13.9. The Morgan fingerprint density at radius 2 is 0.920 bits per heavy atom. The van der Waals surface area contributed by atoms with Crippen LogP contribution in [0.1, 0.15) is 11.1 Å².